The van der Waals surface area contributed by atoms with E-state index in [0.29, 0.717) is 41.6 Å². The Morgan fingerprint density at radius 2 is 1.91 bits per heavy atom. The molecule has 2 N–H and O–H groups in total. The van der Waals surface area contributed by atoms with Crippen molar-refractivity contribution < 1.29 is 24.5 Å². The minimum absolute atomic E-state index is 0.0119. The summed E-state index contributed by atoms with van der Waals surface area (Å²) in [5.74, 6) is 2.95. The Morgan fingerprint density at radius 3 is 2.62 bits per heavy atom. The number of ketones is 2. The number of aliphatic hydroxyl groups is 2. The van der Waals surface area contributed by atoms with Crippen LogP contribution in [0.5, 0.6) is 0 Å². The van der Waals surface area contributed by atoms with E-state index in [1.165, 1.54) is 12.8 Å². The molecule has 0 radical (unpaired) electrons. The van der Waals surface area contributed by atoms with E-state index in [0.717, 1.165) is 31.3 Å². The maximum absolute atomic E-state index is 13.3. The molecule has 1 heterocycles. The van der Waals surface area contributed by atoms with E-state index in [4.69, 9.17) is 4.74 Å². The van der Waals surface area contributed by atoms with Gasteiger partial charge in [-0.2, -0.15) is 0 Å². The zero-order valence-corrected chi connectivity index (χ0v) is 21.0. The van der Waals surface area contributed by atoms with E-state index in [1.54, 1.807) is 12.2 Å². The highest BCUT2D eigenvalue weighted by atomic mass is 16.6. The number of Topliss-reactive ketones (excluding diaryl/α,β-unsaturated/α-hetero) is 1. The lowest BCUT2D eigenvalue weighted by Crippen LogP contribution is -2.63. The lowest BCUT2D eigenvalue weighted by atomic mass is 9.44. The van der Waals surface area contributed by atoms with Crippen LogP contribution < -0.4 is 0 Å². The quantitative estimate of drug-likeness (QED) is 0.611. The molecule has 0 amide bonds. The monoisotopic (exact) mass is 468 g/mol. The Bertz CT molecular complexity index is 996. The molecular formula is C29H40O5. The summed E-state index contributed by atoms with van der Waals surface area (Å²) in [5.41, 5.74) is 0.601. The van der Waals surface area contributed by atoms with Crippen molar-refractivity contribution >= 4 is 11.6 Å². The lowest BCUT2D eigenvalue weighted by Gasteiger charge is -2.58. The van der Waals surface area contributed by atoms with E-state index in [2.05, 4.69) is 20.8 Å². The van der Waals surface area contributed by atoms with Crippen LogP contribution in [0.1, 0.15) is 72.6 Å². The first-order valence-corrected chi connectivity index (χ1v) is 13.5. The van der Waals surface area contributed by atoms with Gasteiger partial charge in [0.05, 0.1) is 18.1 Å². The summed E-state index contributed by atoms with van der Waals surface area (Å²) in [6, 6.07) is 0. The fourth-order valence-corrected chi connectivity index (χ4v) is 10.2. The van der Waals surface area contributed by atoms with E-state index >= 15 is 0 Å². The van der Waals surface area contributed by atoms with Gasteiger partial charge in [0.25, 0.3) is 0 Å². The fourth-order valence-electron chi connectivity index (χ4n) is 10.2. The number of fused-ring (bicyclic) bond motifs is 4. The van der Waals surface area contributed by atoms with Crippen molar-refractivity contribution in [1.82, 2.24) is 0 Å². The van der Waals surface area contributed by atoms with Crippen LogP contribution in [-0.2, 0) is 14.3 Å². The summed E-state index contributed by atoms with van der Waals surface area (Å²) in [6.07, 6.45) is 9.50. The predicted octanol–water partition coefficient (Wildman–Crippen LogP) is 4.02. The standard InChI is InChI=1S/C29H40O5/c1-15-11-17(12-23(31)19(15)14-30)16(2)20-5-6-21-18-13-26-29(34-26)25(33)8-7-24(32)28(29,4)22(18)9-10-27(20,21)3/h7-8,16-18,20-22,25-26,30,33H,5-6,9-14H2,1-4H3/t16-,17+,18?,20?,21?,22?,25?,26?,27?,28?,29?/m1/s1. The van der Waals surface area contributed by atoms with Crippen molar-refractivity contribution in [1.29, 1.82) is 0 Å². The van der Waals surface area contributed by atoms with Crippen molar-refractivity contribution in [3.05, 3.63) is 23.3 Å². The molecule has 3 saturated carbocycles. The van der Waals surface area contributed by atoms with Gasteiger partial charge < -0.3 is 14.9 Å². The largest absolute Gasteiger partial charge is 0.392 e. The number of allylic oxidation sites excluding steroid dienone is 2. The second-order valence-corrected chi connectivity index (χ2v) is 13.0. The summed E-state index contributed by atoms with van der Waals surface area (Å²) in [7, 11) is 0. The Balaban J connectivity index is 1.27. The summed E-state index contributed by atoms with van der Waals surface area (Å²) in [6.45, 7) is 8.82. The van der Waals surface area contributed by atoms with Gasteiger partial charge in [-0.25, -0.2) is 0 Å². The normalized spacial score (nSPS) is 52.6. The van der Waals surface area contributed by atoms with Crippen molar-refractivity contribution in [3.8, 4) is 0 Å². The van der Waals surface area contributed by atoms with Crippen molar-refractivity contribution in [3.63, 3.8) is 0 Å². The number of carbonyl (C=O) groups excluding carboxylic acids is 2. The molecular weight excluding hydrogens is 428 g/mol. The highest BCUT2D eigenvalue weighted by molar-refractivity contribution is 5.98. The summed E-state index contributed by atoms with van der Waals surface area (Å²) in [4.78, 5) is 26.0. The molecule has 6 rings (SSSR count). The zero-order valence-electron chi connectivity index (χ0n) is 21.0. The van der Waals surface area contributed by atoms with Crippen molar-refractivity contribution in [2.45, 2.75) is 90.4 Å². The molecule has 5 nitrogen and oxygen atoms in total. The van der Waals surface area contributed by atoms with Gasteiger partial charge in [-0.05, 0) is 105 Å². The third-order valence-corrected chi connectivity index (χ3v) is 12.1. The van der Waals surface area contributed by atoms with Crippen LogP contribution in [0.4, 0.5) is 0 Å². The summed E-state index contributed by atoms with van der Waals surface area (Å²) in [5, 5.41) is 20.4. The number of hydrogen-bond donors (Lipinski definition) is 2. The number of ether oxygens (including phenoxy) is 1. The van der Waals surface area contributed by atoms with Gasteiger partial charge >= 0.3 is 0 Å². The van der Waals surface area contributed by atoms with Gasteiger partial charge in [0, 0.05) is 12.0 Å². The van der Waals surface area contributed by atoms with Crippen molar-refractivity contribution in [2.75, 3.05) is 6.61 Å². The molecule has 5 heteroatoms. The maximum atomic E-state index is 13.3. The molecule has 0 aromatic carbocycles. The number of rotatable bonds is 3. The second kappa shape index (κ2) is 7.36. The molecule has 0 bridgehead atoms. The molecule has 11 atom stereocenters. The molecule has 1 spiro atoms. The maximum Gasteiger partial charge on any atom is 0.164 e. The first kappa shape index (κ1) is 23.1. The van der Waals surface area contributed by atoms with E-state index in [-0.39, 0.29) is 35.6 Å². The van der Waals surface area contributed by atoms with Gasteiger partial charge in [-0.3, -0.25) is 9.59 Å². The smallest absolute Gasteiger partial charge is 0.164 e. The molecule has 9 unspecified atom stereocenters. The van der Waals surface area contributed by atoms with E-state index in [9.17, 15) is 19.8 Å². The van der Waals surface area contributed by atoms with Crippen LogP contribution in [0, 0.1) is 46.3 Å². The van der Waals surface area contributed by atoms with Crippen LogP contribution >= 0.6 is 0 Å². The average molecular weight is 469 g/mol. The second-order valence-electron chi connectivity index (χ2n) is 13.0. The average Bonchev–Trinajstić information content (AvgIpc) is 3.43. The number of hydrogen-bond acceptors (Lipinski definition) is 5. The van der Waals surface area contributed by atoms with Gasteiger partial charge in [0.2, 0.25) is 0 Å². The SMILES string of the molecule is CC1=C(CO)C(=O)C[C@@H]([C@@H](C)C2CCC3C4CC5OC56C(O)C=CC(=O)C6(C)C4CCC32C)C1. The topological polar surface area (TPSA) is 87.1 Å². The Hall–Kier alpha value is -1.30. The van der Waals surface area contributed by atoms with E-state index < -0.39 is 17.1 Å². The third-order valence-electron chi connectivity index (χ3n) is 12.1. The van der Waals surface area contributed by atoms with Gasteiger partial charge in [0.15, 0.2) is 11.6 Å². The highest BCUT2D eigenvalue weighted by Gasteiger charge is 2.80. The number of carbonyl (C=O) groups is 2. The predicted molar refractivity (Wildman–Crippen MR) is 128 cm³/mol. The lowest BCUT2D eigenvalue weighted by molar-refractivity contribution is -0.151. The van der Waals surface area contributed by atoms with Crippen LogP contribution in [0.25, 0.3) is 0 Å². The number of aliphatic hydroxyl groups excluding tert-OH is 2. The Kier molecular flexibility index (Phi) is 5.01. The van der Waals surface area contributed by atoms with Crippen LogP contribution in [0.15, 0.2) is 23.3 Å². The zero-order chi connectivity index (χ0) is 24.2. The molecule has 1 saturated heterocycles. The highest BCUT2D eigenvalue weighted by Crippen LogP contribution is 2.73. The molecule has 1 aliphatic heterocycles. The molecule has 34 heavy (non-hydrogen) atoms. The molecule has 0 aromatic rings. The van der Waals surface area contributed by atoms with Gasteiger partial charge in [0.1, 0.15) is 11.7 Å². The van der Waals surface area contributed by atoms with Crippen molar-refractivity contribution in [2.24, 2.45) is 46.3 Å². The third kappa shape index (κ3) is 2.67. The van der Waals surface area contributed by atoms with Crippen LogP contribution in [-0.4, -0.2) is 46.2 Å². The van der Waals surface area contributed by atoms with E-state index in [1.807, 2.05) is 6.92 Å². The Labute approximate surface area is 203 Å². The molecule has 5 aliphatic carbocycles. The van der Waals surface area contributed by atoms with Gasteiger partial charge in [-0.15, -0.1) is 0 Å². The fraction of sp³-hybridized carbons (Fsp3) is 0.793. The minimum atomic E-state index is -0.699. The summed E-state index contributed by atoms with van der Waals surface area (Å²) < 4.78 is 6.26. The molecule has 186 valence electrons. The minimum Gasteiger partial charge on any atom is -0.392 e. The Morgan fingerprint density at radius 1 is 1.15 bits per heavy atom. The van der Waals surface area contributed by atoms with Gasteiger partial charge in [-0.1, -0.05) is 19.4 Å². The first-order chi connectivity index (χ1) is 16.1. The summed E-state index contributed by atoms with van der Waals surface area (Å²) >= 11 is 0. The first-order valence-electron chi connectivity index (χ1n) is 13.5. The van der Waals surface area contributed by atoms with Crippen LogP contribution in [0.3, 0.4) is 0 Å². The molecule has 0 aromatic heterocycles. The van der Waals surface area contributed by atoms with Crippen LogP contribution in [0.2, 0.25) is 0 Å². The molecule has 4 fully saturated rings. The number of epoxide rings is 1. The molecule has 6 aliphatic rings.